The molecule has 4 aromatic carbocycles. The Balaban J connectivity index is 0.974. The van der Waals surface area contributed by atoms with E-state index in [-0.39, 0.29) is 23.8 Å². The molecule has 0 saturated heterocycles. The SMILES string of the molecule is Cc1cccc(N2C(=O)N[C@H](c3ccc(C#N)cc3)c3c2cn(CCCN(C)CCCn2cc4c(c2O)[C@@H](c2ccc(C#N)cc2)NC(=O)N4c2cccc(C)c2)c3O)c1. The van der Waals surface area contributed by atoms with Crippen LogP contribution in [0.15, 0.2) is 109 Å². The summed E-state index contributed by atoms with van der Waals surface area (Å²) in [5, 5.41) is 48.3. The Bertz CT molecular complexity index is 2490. The van der Waals surface area contributed by atoms with Crippen LogP contribution in [0.5, 0.6) is 11.8 Å². The molecule has 13 heteroatoms. The van der Waals surface area contributed by atoms with E-state index in [9.17, 15) is 30.3 Å². The van der Waals surface area contributed by atoms with Gasteiger partial charge in [-0.1, -0.05) is 48.5 Å². The lowest BCUT2D eigenvalue weighted by Gasteiger charge is -2.33. The summed E-state index contributed by atoms with van der Waals surface area (Å²) in [5.74, 6) is 0.136. The number of fused-ring (bicyclic) bond motifs is 2. The van der Waals surface area contributed by atoms with Crippen LogP contribution in [-0.4, -0.2) is 56.4 Å². The molecular formula is C47H45N9O4. The van der Waals surface area contributed by atoms with Crippen LogP contribution in [0.1, 0.15) is 69.4 Å². The maximum Gasteiger partial charge on any atom is 0.327 e. The molecule has 0 radical (unpaired) electrons. The van der Waals surface area contributed by atoms with E-state index < -0.39 is 12.1 Å². The van der Waals surface area contributed by atoms with E-state index in [1.165, 1.54) is 0 Å². The summed E-state index contributed by atoms with van der Waals surface area (Å²) in [6.45, 7) is 6.36. The number of aryl methyl sites for hydroxylation is 4. The predicted molar refractivity (Wildman–Crippen MR) is 229 cm³/mol. The first-order valence-corrected chi connectivity index (χ1v) is 19.9. The number of benzene rings is 4. The molecule has 0 aliphatic carbocycles. The molecule has 302 valence electrons. The molecule has 2 atom stereocenters. The number of amides is 4. The summed E-state index contributed by atoms with van der Waals surface area (Å²) in [7, 11) is 2.03. The molecule has 4 heterocycles. The second-order valence-electron chi connectivity index (χ2n) is 15.5. The number of nitrogens with one attached hydrogen (secondary N) is 2. The minimum atomic E-state index is -0.613. The summed E-state index contributed by atoms with van der Waals surface area (Å²) >= 11 is 0. The molecule has 60 heavy (non-hydrogen) atoms. The molecule has 2 aliphatic rings. The molecule has 4 N–H and O–H groups in total. The van der Waals surface area contributed by atoms with Crippen molar-refractivity contribution in [2.24, 2.45) is 0 Å². The number of nitrogens with zero attached hydrogens (tertiary/aromatic N) is 7. The summed E-state index contributed by atoms with van der Waals surface area (Å²) in [6.07, 6.45) is 5.09. The molecule has 2 aromatic heterocycles. The molecule has 6 aromatic rings. The second kappa shape index (κ2) is 16.4. The van der Waals surface area contributed by atoms with E-state index in [4.69, 9.17) is 0 Å². The summed E-state index contributed by atoms with van der Waals surface area (Å²) in [6, 6.07) is 31.8. The number of aromatic hydroxyl groups is 2. The summed E-state index contributed by atoms with van der Waals surface area (Å²) < 4.78 is 3.58. The lowest BCUT2D eigenvalue weighted by molar-refractivity contribution is 0.244. The molecular weight excluding hydrogens is 755 g/mol. The van der Waals surface area contributed by atoms with Gasteiger partial charge in [-0.05, 0) is 118 Å². The lowest BCUT2D eigenvalue weighted by Crippen LogP contribution is -2.44. The van der Waals surface area contributed by atoms with Gasteiger partial charge < -0.3 is 34.9 Å². The van der Waals surface area contributed by atoms with Crippen LogP contribution in [0.4, 0.5) is 32.3 Å². The van der Waals surface area contributed by atoms with Crippen molar-refractivity contribution in [2.45, 2.75) is 51.9 Å². The number of aromatic nitrogens is 2. The lowest BCUT2D eigenvalue weighted by atomic mass is 9.96. The van der Waals surface area contributed by atoms with Gasteiger partial charge in [-0.2, -0.15) is 10.5 Å². The molecule has 4 amide bonds. The molecule has 0 fully saturated rings. The molecule has 8 rings (SSSR count). The number of carbonyl (C=O) groups is 2. The number of anilines is 4. The van der Waals surface area contributed by atoms with E-state index in [1.807, 2.05) is 81.8 Å². The number of carbonyl (C=O) groups excluding carboxylic acids is 2. The van der Waals surface area contributed by atoms with Crippen molar-refractivity contribution in [1.29, 1.82) is 10.5 Å². The highest BCUT2D eigenvalue weighted by Crippen LogP contribution is 2.47. The Kier molecular flexibility index (Phi) is 10.8. The van der Waals surface area contributed by atoms with Gasteiger partial charge in [0.1, 0.15) is 0 Å². The largest absolute Gasteiger partial charge is 0.494 e. The summed E-state index contributed by atoms with van der Waals surface area (Å²) in [5.41, 5.74) is 8.25. The van der Waals surface area contributed by atoms with Crippen LogP contribution in [0, 0.1) is 36.5 Å². The fraction of sp³-hybridized carbons (Fsp3) is 0.234. The van der Waals surface area contributed by atoms with Crippen LogP contribution in [0.25, 0.3) is 0 Å². The molecule has 0 spiro atoms. The van der Waals surface area contributed by atoms with Crippen molar-refractivity contribution in [1.82, 2.24) is 24.7 Å². The molecule has 0 saturated carbocycles. The van der Waals surface area contributed by atoms with Crippen LogP contribution >= 0.6 is 0 Å². The van der Waals surface area contributed by atoms with E-state index >= 15 is 0 Å². The first kappa shape index (κ1) is 39.4. The fourth-order valence-electron chi connectivity index (χ4n) is 8.27. The van der Waals surface area contributed by atoms with Gasteiger partial charge in [0.15, 0.2) is 11.8 Å². The standard InChI is InChI=1S/C47H45N9O4/c1-30-8-4-10-36(24-30)55-38-28-53(44(57)40(38)42(50-46(55)59)34-16-12-32(26-48)13-17-34)22-6-20-52(3)21-7-23-54-29-39-41(45(54)58)43(35-18-14-33(27-49)15-19-35)51-47(60)56(39)37-11-5-9-31(2)25-37/h4-5,8-19,24-25,28-29,42-43,57-58H,6-7,20-23H2,1-3H3,(H,50,59)(H,51,60)/t42-,43-/m1/s1. The van der Waals surface area contributed by atoms with E-state index in [2.05, 4.69) is 27.7 Å². The maximum atomic E-state index is 13.7. The van der Waals surface area contributed by atoms with Crippen LogP contribution < -0.4 is 20.4 Å². The third kappa shape index (κ3) is 7.50. The van der Waals surface area contributed by atoms with Crippen molar-refractivity contribution < 1.29 is 19.8 Å². The third-order valence-corrected chi connectivity index (χ3v) is 11.3. The van der Waals surface area contributed by atoms with Crippen molar-refractivity contribution in [2.75, 3.05) is 29.9 Å². The normalized spacial score (nSPS) is 15.8. The average Bonchev–Trinajstić information content (AvgIpc) is 3.74. The van der Waals surface area contributed by atoms with Gasteiger partial charge in [-0.15, -0.1) is 0 Å². The first-order chi connectivity index (χ1) is 29.0. The molecule has 2 aliphatic heterocycles. The zero-order valence-corrected chi connectivity index (χ0v) is 33.6. The number of hydrogen-bond donors (Lipinski definition) is 4. The first-order valence-electron chi connectivity index (χ1n) is 19.9. The van der Waals surface area contributed by atoms with Gasteiger partial charge in [-0.25, -0.2) is 9.59 Å². The van der Waals surface area contributed by atoms with Crippen molar-refractivity contribution in [3.63, 3.8) is 0 Å². The number of hydrogen-bond acceptors (Lipinski definition) is 7. The van der Waals surface area contributed by atoms with E-state index in [0.717, 1.165) is 22.3 Å². The minimum Gasteiger partial charge on any atom is -0.494 e. The van der Waals surface area contributed by atoms with Crippen molar-refractivity contribution >= 4 is 34.8 Å². The molecule has 0 unspecified atom stereocenters. The van der Waals surface area contributed by atoms with Gasteiger partial charge in [0.2, 0.25) is 0 Å². The summed E-state index contributed by atoms with van der Waals surface area (Å²) in [4.78, 5) is 32.8. The smallest absolute Gasteiger partial charge is 0.327 e. The van der Waals surface area contributed by atoms with Gasteiger partial charge in [0, 0.05) is 25.5 Å². The zero-order chi connectivity index (χ0) is 42.1. The van der Waals surface area contributed by atoms with Gasteiger partial charge in [0.05, 0.1) is 69.2 Å². The maximum absolute atomic E-state index is 13.7. The topological polar surface area (TPSA) is 166 Å². The monoisotopic (exact) mass is 799 g/mol. The third-order valence-electron chi connectivity index (χ3n) is 11.3. The Hall–Kier alpha value is -7.48. The Morgan fingerprint density at radius 3 is 1.40 bits per heavy atom. The Labute approximate surface area is 348 Å². The van der Waals surface area contributed by atoms with Crippen LogP contribution in [0.2, 0.25) is 0 Å². The predicted octanol–water partition coefficient (Wildman–Crippen LogP) is 8.37. The van der Waals surface area contributed by atoms with Gasteiger partial charge >= 0.3 is 12.1 Å². The van der Waals surface area contributed by atoms with Gasteiger partial charge in [-0.3, -0.25) is 9.80 Å². The minimum absolute atomic E-state index is 0.0682. The quantitative estimate of drug-likeness (QED) is 0.0966. The Morgan fingerprint density at radius 1 is 0.633 bits per heavy atom. The highest BCUT2D eigenvalue weighted by Gasteiger charge is 2.39. The van der Waals surface area contributed by atoms with Crippen molar-refractivity contribution in [3.05, 3.63) is 154 Å². The number of urea groups is 2. The average molecular weight is 800 g/mol. The van der Waals surface area contributed by atoms with Gasteiger partial charge in [0.25, 0.3) is 0 Å². The van der Waals surface area contributed by atoms with Crippen LogP contribution in [0.3, 0.4) is 0 Å². The van der Waals surface area contributed by atoms with E-state index in [1.54, 1.807) is 67.5 Å². The fourth-order valence-corrected chi connectivity index (χ4v) is 8.27. The highest BCUT2D eigenvalue weighted by atomic mass is 16.3. The van der Waals surface area contributed by atoms with E-state index in [0.29, 0.717) is 84.0 Å². The zero-order valence-electron chi connectivity index (χ0n) is 33.6. The van der Waals surface area contributed by atoms with Crippen LogP contribution in [-0.2, 0) is 13.1 Å². The second-order valence-corrected chi connectivity index (χ2v) is 15.5. The van der Waals surface area contributed by atoms with Crippen molar-refractivity contribution in [3.8, 4) is 23.9 Å². The molecule has 13 nitrogen and oxygen atoms in total. The number of nitriles is 2. The number of rotatable bonds is 12. The molecule has 0 bridgehead atoms. The Morgan fingerprint density at radius 2 is 1.03 bits per heavy atom. The highest BCUT2D eigenvalue weighted by molar-refractivity contribution is 6.04.